The monoisotopic (exact) mass is 290 g/mol. The molecule has 0 amide bonds. The summed E-state index contributed by atoms with van der Waals surface area (Å²) in [5, 5.41) is 5.68. The smallest absolute Gasteiger partial charge is 0.153 e. The topological polar surface area (TPSA) is 71.8 Å². The van der Waals surface area contributed by atoms with Crippen LogP contribution in [0.2, 0.25) is 0 Å². The molecule has 5 rings (SSSR count). The molecular formula is C16H14N6. The Kier molecular flexibility index (Phi) is 2.22. The number of aromatic nitrogens is 6. The number of aromatic amines is 1. The average Bonchev–Trinajstić information content (AvgIpc) is 3.22. The van der Waals surface area contributed by atoms with Crippen LogP contribution in [0.1, 0.15) is 30.3 Å². The number of hydrogen-bond donors (Lipinski definition) is 1. The number of nitrogens with zero attached hydrogens (tertiary/aromatic N) is 5. The molecule has 0 radical (unpaired) electrons. The third-order valence-electron chi connectivity index (χ3n) is 4.20. The number of aryl methyl sites for hydroxylation is 1. The van der Waals surface area contributed by atoms with E-state index in [1.807, 2.05) is 42.2 Å². The normalized spacial score (nSPS) is 15.0. The molecule has 22 heavy (non-hydrogen) atoms. The number of hydrogen-bond acceptors (Lipinski definition) is 4. The van der Waals surface area contributed by atoms with Gasteiger partial charge in [-0.15, -0.1) is 0 Å². The van der Waals surface area contributed by atoms with Crippen molar-refractivity contribution in [2.24, 2.45) is 0 Å². The lowest BCUT2D eigenvalue weighted by Gasteiger charge is -2.02. The van der Waals surface area contributed by atoms with Gasteiger partial charge >= 0.3 is 0 Å². The number of rotatable bonds is 2. The predicted octanol–water partition coefficient (Wildman–Crippen LogP) is 2.85. The largest absolute Gasteiger partial charge is 0.345 e. The van der Waals surface area contributed by atoms with Crippen LogP contribution in [0.15, 0.2) is 30.7 Å². The fraction of sp³-hybridized carbons (Fsp3) is 0.250. The van der Waals surface area contributed by atoms with Crippen LogP contribution in [0.3, 0.4) is 0 Å². The van der Waals surface area contributed by atoms with Crippen LogP contribution < -0.4 is 0 Å². The Morgan fingerprint density at radius 1 is 1.18 bits per heavy atom. The van der Waals surface area contributed by atoms with E-state index in [1.54, 1.807) is 0 Å². The van der Waals surface area contributed by atoms with Crippen molar-refractivity contribution in [3.63, 3.8) is 0 Å². The molecule has 0 bridgehead atoms. The Morgan fingerprint density at radius 3 is 2.95 bits per heavy atom. The highest BCUT2D eigenvalue weighted by Gasteiger charge is 2.27. The summed E-state index contributed by atoms with van der Waals surface area (Å²) in [5.74, 6) is 1.51. The summed E-state index contributed by atoms with van der Waals surface area (Å²) in [4.78, 5) is 16.7. The molecule has 0 aromatic carbocycles. The second-order valence-electron chi connectivity index (χ2n) is 5.86. The summed E-state index contributed by atoms with van der Waals surface area (Å²) >= 11 is 0. The van der Waals surface area contributed by atoms with Gasteiger partial charge in [-0.3, -0.25) is 0 Å². The molecule has 6 nitrogen and oxygen atoms in total. The molecule has 0 unspecified atom stereocenters. The van der Waals surface area contributed by atoms with Crippen LogP contribution in [0.25, 0.3) is 27.9 Å². The van der Waals surface area contributed by atoms with E-state index in [0.717, 1.165) is 39.5 Å². The first-order valence-electron chi connectivity index (χ1n) is 7.45. The summed E-state index contributed by atoms with van der Waals surface area (Å²) in [6, 6.07) is 3.97. The van der Waals surface area contributed by atoms with Gasteiger partial charge in [-0.05, 0) is 31.9 Å². The van der Waals surface area contributed by atoms with Crippen molar-refractivity contribution in [1.82, 2.24) is 29.5 Å². The number of imidazole rings is 1. The maximum absolute atomic E-state index is 4.68. The van der Waals surface area contributed by atoms with Crippen LogP contribution >= 0.6 is 0 Å². The van der Waals surface area contributed by atoms with Gasteiger partial charge in [0.25, 0.3) is 0 Å². The van der Waals surface area contributed by atoms with Gasteiger partial charge in [0.15, 0.2) is 5.65 Å². The fourth-order valence-corrected chi connectivity index (χ4v) is 2.80. The lowest BCUT2D eigenvalue weighted by molar-refractivity contribution is 0.906. The van der Waals surface area contributed by atoms with Crippen molar-refractivity contribution in [2.75, 3.05) is 0 Å². The highest BCUT2D eigenvalue weighted by atomic mass is 15.3. The molecule has 4 aromatic rings. The zero-order chi connectivity index (χ0) is 14.7. The standard InChI is InChI=1S/C16H14N6/c1-9-6-17-14-5-4-13(21-22(9)14)11-7-19-16-12(11)8-18-15(20-16)10-2-3-10/h4-8,10H,2-3H2,1H3,(H,18,19,20). The molecule has 1 fully saturated rings. The van der Waals surface area contributed by atoms with Crippen LogP contribution in [0.5, 0.6) is 0 Å². The van der Waals surface area contributed by atoms with Gasteiger partial charge in [-0.25, -0.2) is 19.5 Å². The molecule has 0 aliphatic heterocycles. The molecule has 1 aliphatic carbocycles. The third kappa shape index (κ3) is 1.67. The number of fused-ring (bicyclic) bond motifs is 2. The minimum absolute atomic E-state index is 0.555. The highest BCUT2D eigenvalue weighted by Crippen LogP contribution is 2.38. The quantitative estimate of drug-likeness (QED) is 0.616. The molecule has 6 heteroatoms. The Labute approximate surface area is 126 Å². The van der Waals surface area contributed by atoms with Gasteiger partial charge in [0.05, 0.1) is 17.6 Å². The molecule has 1 N–H and O–H groups in total. The molecular weight excluding hydrogens is 276 g/mol. The summed E-state index contributed by atoms with van der Waals surface area (Å²) in [5.41, 5.74) is 4.67. The van der Waals surface area contributed by atoms with E-state index in [1.165, 1.54) is 12.8 Å². The van der Waals surface area contributed by atoms with Crippen LogP contribution in [-0.2, 0) is 0 Å². The van der Waals surface area contributed by atoms with Crippen molar-refractivity contribution >= 4 is 16.7 Å². The van der Waals surface area contributed by atoms with E-state index in [2.05, 4.69) is 25.0 Å². The van der Waals surface area contributed by atoms with Gasteiger partial charge in [0.2, 0.25) is 0 Å². The summed E-state index contributed by atoms with van der Waals surface area (Å²) in [6.45, 7) is 2.00. The van der Waals surface area contributed by atoms with E-state index in [9.17, 15) is 0 Å². The van der Waals surface area contributed by atoms with Crippen LogP contribution in [0.4, 0.5) is 0 Å². The minimum Gasteiger partial charge on any atom is -0.345 e. The average molecular weight is 290 g/mol. The maximum atomic E-state index is 4.68. The molecule has 4 heterocycles. The van der Waals surface area contributed by atoms with E-state index in [0.29, 0.717) is 5.92 Å². The van der Waals surface area contributed by atoms with E-state index in [-0.39, 0.29) is 0 Å². The SMILES string of the molecule is Cc1cnc2ccc(-c3c[nH]c4nc(C5CC5)ncc34)nn12. The first-order chi connectivity index (χ1) is 10.8. The van der Waals surface area contributed by atoms with Gasteiger partial charge < -0.3 is 4.98 Å². The molecule has 1 aliphatic rings. The molecule has 0 saturated heterocycles. The van der Waals surface area contributed by atoms with Crippen molar-refractivity contribution in [3.8, 4) is 11.3 Å². The zero-order valence-electron chi connectivity index (χ0n) is 12.1. The zero-order valence-corrected chi connectivity index (χ0v) is 12.1. The van der Waals surface area contributed by atoms with E-state index < -0.39 is 0 Å². The van der Waals surface area contributed by atoms with E-state index >= 15 is 0 Å². The third-order valence-corrected chi connectivity index (χ3v) is 4.20. The summed E-state index contributed by atoms with van der Waals surface area (Å²) in [7, 11) is 0. The molecule has 0 spiro atoms. The number of nitrogens with one attached hydrogen (secondary N) is 1. The minimum atomic E-state index is 0.555. The lowest BCUT2D eigenvalue weighted by atomic mass is 10.2. The summed E-state index contributed by atoms with van der Waals surface area (Å²) in [6.07, 6.45) is 8.10. The van der Waals surface area contributed by atoms with Gasteiger partial charge in [0.1, 0.15) is 11.5 Å². The second kappa shape index (κ2) is 4.13. The van der Waals surface area contributed by atoms with Gasteiger partial charge in [-0.2, -0.15) is 5.10 Å². The lowest BCUT2D eigenvalue weighted by Crippen LogP contribution is -1.96. The first kappa shape index (κ1) is 11.9. The van der Waals surface area contributed by atoms with E-state index in [4.69, 9.17) is 0 Å². The van der Waals surface area contributed by atoms with Crippen LogP contribution in [-0.4, -0.2) is 29.5 Å². The molecule has 0 atom stereocenters. The second-order valence-corrected chi connectivity index (χ2v) is 5.86. The molecule has 4 aromatic heterocycles. The number of H-pyrrole nitrogens is 1. The summed E-state index contributed by atoms with van der Waals surface area (Å²) < 4.78 is 1.85. The predicted molar refractivity (Wildman–Crippen MR) is 82.6 cm³/mol. The van der Waals surface area contributed by atoms with Crippen molar-refractivity contribution in [1.29, 1.82) is 0 Å². The van der Waals surface area contributed by atoms with Crippen LogP contribution in [0, 0.1) is 6.92 Å². The molecule has 1 saturated carbocycles. The Bertz CT molecular complexity index is 1010. The Morgan fingerprint density at radius 2 is 2.09 bits per heavy atom. The van der Waals surface area contributed by atoms with Crippen molar-refractivity contribution in [3.05, 3.63) is 42.2 Å². The molecule has 108 valence electrons. The maximum Gasteiger partial charge on any atom is 0.153 e. The Hall–Kier alpha value is -2.76. The van der Waals surface area contributed by atoms with Crippen molar-refractivity contribution < 1.29 is 0 Å². The van der Waals surface area contributed by atoms with Crippen molar-refractivity contribution in [2.45, 2.75) is 25.7 Å². The Balaban J connectivity index is 1.69. The van der Waals surface area contributed by atoms with Gasteiger partial charge in [0, 0.05) is 29.3 Å². The first-order valence-corrected chi connectivity index (χ1v) is 7.45. The fourth-order valence-electron chi connectivity index (χ4n) is 2.80. The van der Waals surface area contributed by atoms with Gasteiger partial charge in [-0.1, -0.05) is 0 Å². The highest BCUT2D eigenvalue weighted by molar-refractivity contribution is 5.91.